The van der Waals surface area contributed by atoms with E-state index >= 15 is 0 Å². The summed E-state index contributed by atoms with van der Waals surface area (Å²) in [5.41, 5.74) is 4.43. The van der Waals surface area contributed by atoms with Gasteiger partial charge in [0.1, 0.15) is 0 Å². The summed E-state index contributed by atoms with van der Waals surface area (Å²) in [5.74, 6) is 2.50. The zero-order valence-electron chi connectivity index (χ0n) is 13.1. The maximum absolute atomic E-state index is 3.67. The van der Waals surface area contributed by atoms with Crippen molar-refractivity contribution in [2.45, 2.75) is 64.7 Å². The van der Waals surface area contributed by atoms with Gasteiger partial charge in [-0.2, -0.15) is 0 Å². The van der Waals surface area contributed by atoms with E-state index in [9.17, 15) is 0 Å². The minimum absolute atomic E-state index is 0.638. The van der Waals surface area contributed by atoms with Gasteiger partial charge in [-0.1, -0.05) is 58.1 Å². The fraction of sp³-hybridized carbons (Fsp3) is 0.684. The van der Waals surface area contributed by atoms with Crippen LogP contribution in [0.4, 0.5) is 5.69 Å². The molecular formula is C19H29N. The topological polar surface area (TPSA) is 12.0 Å². The van der Waals surface area contributed by atoms with Gasteiger partial charge in [-0.05, 0) is 47.8 Å². The highest BCUT2D eigenvalue weighted by molar-refractivity contribution is 5.55. The second-order valence-corrected chi connectivity index (χ2v) is 7.26. The van der Waals surface area contributed by atoms with Crippen LogP contribution < -0.4 is 5.32 Å². The van der Waals surface area contributed by atoms with Crippen LogP contribution in [0.1, 0.15) is 69.4 Å². The number of hydrogen-bond acceptors (Lipinski definition) is 1. The van der Waals surface area contributed by atoms with E-state index in [4.69, 9.17) is 0 Å². The fourth-order valence-electron chi connectivity index (χ4n) is 4.01. The molecule has 0 amide bonds. The van der Waals surface area contributed by atoms with E-state index in [-0.39, 0.29) is 0 Å². The predicted octanol–water partition coefficient (Wildman–Crippen LogP) is 5.36. The molecule has 1 heterocycles. The van der Waals surface area contributed by atoms with E-state index in [1.54, 1.807) is 5.56 Å². The van der Waals surface area contributed by atoms with Crippen molar-refractivity contribution in [2.24, 2.45) is 11.8 Å². The molecule has 1 unspecified atom stereocenters. The monoisotopic (exact) mass is 271 g/mol. The Morgan fingerprint density at radius 1 is 1.10 bits per heavy atom. The molecule has 20 heavy (non-hydrogen) atoms. The third-order valence-corrected chi connectivity index (χ3v) is 5.28. The van der Waals surface area contributed by atoms with Crippen LogP contribution in [0, 0.1) is 11.8 Å². The first kappa shape index (κ1) is 14.0. The van der Waals surface area contributed by atoms with Crippen LogP contribution in [0.15, 0.2) is 18.2 Å². The Kier molecular flexibility index (Phi) is 4.33. The van der Waals surface area contributed by atoms with E-state index < -0.39 is 0 Å². The molecular weight excluding hydrogens is 242 g/mol. The molecule has 110 valence electrons. The van der Waals surface area contributed by atoms with E-state index in [1.165, 1.54) is 62.7 Å². The van der Waals surface area contributed by atoms with Crippen LogP contribution in [-0.4, -0.2) is 6.54 Å². The van der Waals surface area contributed by atoms with Crippen molar-refractivity contribution in [3.05, 3.63) is 29.3 Å². The van der Waals surface area contributed by atoms with Gasteiger partial charge in [0.2, 0.25) is 0 Å². The lowest BCUT2D eigenvalue weighted by Gasteiger charge is -2.31. The molecule has 2 aliphatic rings. The highest BCUT2D eigenvalue weighted by Gasteiger charge is 2.23. The first-order valence-corrected chi connectivity index (χ1v) is 8.59. The molecule has 1 N–H and O–H groups in total. The summed E-state index contributed by atoms with van der Waals surface area (Å²) >= 11 is 0. The number of benzene rings is 1. The van der Waals surface area contributed by atoms with Gasteiger partial charge in [0.15, 0.2) is 0 Å². The van der Waals surface area contributed by atoms with Gasteiger partial charge in [-0.3, -0.25) is 0 Å². The minimum Gasteiger partial charge on any atom is -0.385 e. The third kappa shape index (κ3) is 3.19. The van der Waals surface area contributed by atoms with E-state index in [2.05, 4.69) is 37.4 Å². The van der Waals surface area contributed by atoms with Crippen LogP contribution in [0.2, 0.25) is 0 Å². The highest BCUT2D eigenvalue weighted by Crippen LogP contribution is 2.34. The van der Waals surface area contributed by atoms with Crippen molar-refractivity contribution in [1.29, 1.82) is 0 Å². The molecule has 1 nitrogen and oxygen atoms in total. The zero-order chi connectivity index (χ0) is 13.9. The second-order valence-electron chi connectivity index (χ2n) is 7.26. The number of hydrogen-bond donors (Lipinski definition) is 1. The minimum atomic E-state index is 0.638. The van der Waals surface area contributed by atoms with Crippen molar-refractivity contribution in [3.8, 4) is 0 Å². The van der Waals surface area contributed by atoms with E-state index in [1.807, 2.05) is 0 Å². The Morgan fingerprint density at radius 2 is 1.90 bits per heavy atom. The van der Waals surface area contributed by atoms with Crippen molar-refractivity contribution in [3.63, 3.8) is 0 Å². The van der Waals surface area contributed by atoms with Gasteiger partial charge in [-0.15, -0.1) is 0 Å². The van der Waals surface area contributed by atoms with Crippen LogP contribution >= 0.6 is 0 Å². The van der Waals surface area contributed by atoms with Crippen molar-refractivity contribution < 1.29 is 0 Å². The first-order chi connectivity index (χ1) is 9.72. The first-order valence-electron chi connectivity index (χ1n) is 8.59. The number of nitrogens with one attached hydrogen (secondary N) is 1. The number of anilines is 1. The Hall–Kier alpha value is -0.980. The summed E-state index contributed by atoms with van der Waals surface area (Å²) < 4.78 is 0. The smallest absolute Gasteiger partial charge is 0.0373 e. The normalized spacial score (nSPS) is 23.4. The van der Waals surface area contributed by atoms with E-state index in [0.717, 1.165) is 11.8 Å². The quantitative estimate of drug-likeness (QED) is 0.780. The van der Waals surface area contributed by atoms with Gasteiger partial charge >= 0.3 is 0 Å². The van der Waals surface area contributed by atoms with Crippen molar-refractivity contribution in [2.75, 3.05) is 11.9 Å². The molecule has 1 heteroatoms. The largest absolute Gasteiger partial charge is 0.385 e. The Balaban J connectivity index is 1.65. The van der Waals surface area contributed by atoms with Gasteiger partial charge < -0.3 is 5.32 Å². The van der Waals surface area contributed by atoms with Gasteiger partial charge in [-0.25, -0.2) is 0 Å². The molecule has 0 saturated heterocycles. The molecule has 1 atom stereocenters. The van der Waals surface area contributed by atoms with Crippen molar-refractivity contribution >= 4 is 5.69 Å². The molecule has 1 aromatic carbocycles. The van der Waals surface area contributed by atoms with Gasteiger partial charge in [0.25, 0.3) is 0 Å². The lowest BCUT2D eigenvalue weighted by Crippen LogP contribution is -2.26. The second kappa shape index (κ2) is 6.20. The van der Waals surface area contributed by atoms with Crippen molar-refractivity contribution in [1.82, 2.24) is 0 Å². The summed E-state index contributed by atoms with van der Waals surface area (Å²) in [6, 6.07) is 7.03. The molecule has 1 saturated carbocycles. The lowest BCUT2D eigenvalue weighted by molar-refractivity contribution is 0.289. The molecule has 1 aliphatic carbocycles. The van der Waals surface area contributed by atoms with Crippen LogP contribution in [0.25, 0.3) is 0 Å². The third-order valence-electron chi connectivity index (χ3n) is 5.28. The summed E-state index contributed by atoms with van der Waals surface area (Å²) in [4.78, 5) is 0. The molecule has 0 aromatic heterocycles. The molecule has 1 aromatic rings. The predicted molar refractivity (Wildman–Crippen MR) is 87.4 cm³/mol. The maximum Gasteiger partial charge on any atom is 0.0373 e. The Morgan fingerprint density at radius 3 is 2.65 bits per heavy atom. The standard InChI is InChI=1S/C19H29N/c1-14(2)17-8-9-19-18(12-17)11-16(13-20-19)10-15-6-4-3-5-7-15/h8-9,12,14-16,20H,3-7,10-11,13H2,1-2H3. The average molecular weight is 271 g/mol. The molecule has 0 radical (unpaired) electrons. The van der Waals surface area contributed by atoms with Gasteiger partial charge in [0.05, 0.1) is 0 Å². The molecule has 3 rings (SSSR count). The summed E-state index contributed by atoms with van der Waals surface area (Å²) in [6.45, 7) is 5.76. The summed E-state index contributed by atoms with van der Waals surface area (Å²) in [7, 11) is 0. The summed E-state index contributed by atoms with van der Waals surface area (Å²) in [5, 5.41) is 3.67. The molecule has 0 spiro atoms. The fourth-order valence-corrected chi connectivity index (χ4v) is 4.01. The number of fused-ring (bicyclic) bond motifs is 1. The van der Waals surface area contributed by atoms with Crippen LogP contribution in [0.3, 0.4) is 0 Å². The van der Waals surface area contributed by atoms with Crippen LogP contribution in [0.5, 0.6) is 0 Å². The highest BCUT2D eigenvalue weighted by atomic mass is 14.9. The Bertz CT molecular complexity index is 443. The van der Waals surface area contributed by atoms with E-state index in [0.29, 0.717) is 5.92 Å². The molecule has 1 fully saturated rings. The lowest BCUT2D eigenvalue weighted by atomic mass is 9.79. The molecule has 1 aliphatic heterocycles. The number of rotatable bonds is 3. The Labute approximate surface area is 124 Å². The average Bonchev–Trinajstić information content (AvgIpc) is 2.47. The zero-order valence-corrected chi connectivity index (χ0v) is 13.1. The SMILES string of the molecule is CC(C)c1ccc2c(c1)CC(CC1CCCCC1)CN2. The maximum atomic E-state index is 3.67. The van der Waals surface area contributed by atoms with Gasteiger partial charge in [0, 0.05) is 12.2 Å². The van der Waals surface area contributed by atoms with Crippen LogP contribution in [-0.2, 0) is 6.42 Å². The molecule has 0 bridgehead atoms. The summed E-state index contributed by atoms with van der Waals surface area (Å²) in [6.07, 6.45) is 10.1.